The second-order valence-corrected chi connectivity index (χ2v) is 4.08. The molecule has 0 spiro atoms. The number of aromatic nitrogens is 1. The molecule has 76 valence electrons. The average Bonchev–Trinajstić information content (AvgIpc) is 2.65. The van der Waals surface area contributed by atoms with Crippen LogP contribution in [0.5, 0.6) is 0 Å². The maximum Gasteiger partial charge on any atom is 0.0401 e. The van der Waals surface area contributed by atoms with Gasteiger partial charge in [0.05, 0.1) is 0 Å². The van der Waals surface area contributed by atoms with E-state index in [1.807, 2.05) is 6.20 Å². The fraction of sp³-hybridized carbons (Fsp3) is 0.583. The van der Waals surface area contributed by atoms with E-state index >= 15 is 0 Å². The number of likely N-dealkylation sites (tertiary alicyclic amines) is 1. The fourth-order valence-electron chi connectivity index (χ4n) is 2.17. The normalized spacial score (nSPS) is 22.9. The number of aryl methyl sites for hydroxylation is 1. The zero-order valence-electron chi connectivity index (χ0n) is 9.03. The quantitative estimate of drug-likeness (QED) is 0.712. The number of hydrogen-bond donors (Lipinski definition) is 0. The summed E-state index contributed by atoms with van der Waals surface area (Å²) in [5.41, 5.74) is 2.57. The van der Waals surface area contributed by atoms with Gasteiger partial charge in [0.1, 0.15) is 0 Å². The average molecular weight is 190 g/mol. The lowest BCUT2D eigenvalue weighted by atomic mass is 10.1. The van der Waals surface area contributed by atoms with Gasteiger partial charge in [-0.25, -0.2) is 0 Å². The summed E-state index contributed by atoms with van der Waals surface area (Å²) in [6, 6.07) is 4.99. The van der Waals surface area contributed by atoms with E-state index in [2.05, 4.69) is 36.0 Å². The van der Waals surface area contributed by atoms with Gasteiger partial charge < -0.3 is 0 Å². The summed E-state index contributed by atoms with van der Waals surface area (Å²) in [7, 11) is 2.20. The summed E-state index contributed by atoms with van der Waals surface area (Å²) in [4.78, 5) is 6.87. The Kier molecular flexibility index (Phi) is 2.82. The molecule has 1 atom stereocenters. The highest BCUT2D eigenvalue weighted by molar-refractivity contribution is 5.18. The molecule has 1 aliphatic heterocycles. The minimum atomic E-state index is 0.605. The molecule has 2 heterocycles. The zero-order chi connectivity index (χ0) is 9.97. The van der Waals surface area contributed by atoms with Gasteiger partial charge in [0, 0.05) is 17.9 Å². The van der Waals surface area contributed by atoms with Crippen LogP contribution in [0.25, 0.3) is 0 Å². The van der Waals surface area contributed by atoms with Crippen molar-refractivity contribution in [2.45, 2.75) is 32.2 Å². The van der Waals surface area contributed by atoms with Crippen LogP contribution >= 0.6 is 0 Å². The fourth-order valence-corrected chi connectivity index (χ4v) is 2.17. The van der Waals surface area contributed by atoms with E-state index in [0.29, 0.717) is 6.04 Å². The molecule has 0 radical (unpaired) electrons. The summed E-state index contributed by atoms with van der Waals surface area (Å²) in [5.74, 6) is 0. The van der Waals surface area contributed by atoms with Crippen LogP contribution in [0.2, 0.25) is 0 Å². The molecule has 0 amide bonds. The topological polar surface area (TPSA) is 16.1 Å². The molecule has 1 aliphatic rings. The van der Waals surface area contributed by atoms with Gasteiger partial charge in [-0.05, 0) is 44.5 Å². The van der Waals surface area contributed by atoms with Crippen LogP contribution in [-0.4, -0.2) is 23.5 Å². The van der Waals surface area contributed by atoms with Crippen molar-refractivity contribution in [3.63, 3.8) is 0 Å². The molecule has 0 aromatic carbocycles. The van der Waals surface area contributed by atoms with E-state index in [1.54, 1.807) is 0 Å². The van der Waals surface area contributed by atoms with Gasteiger partial charge in [-0.3, -0.25) is 9.88 Å². The maximum atomic E-state index is 4.45. The predicted octanol–water partition coefficient (Wildman–Crippen LogP) is 2.41. The summed E-state index contributed by atoms with van der Waals surface area (Å²) in [6.45, 7) is 3.36. The number of nitrogens with zero attached hydrogens (tertiary/aromatic N) is 2. The SMILES string of the molecule is CCc1ccc(C2CCCN2C)cn1. The summed E-state index contributed by atoms with van der Waals surface area (Å²) < 4.78 is 0. The van der Waals surface area contributed by atoms with Gasteiger partial charge in [0.15, 0.2) is 0 Å². The van der Waals surface area contributed by atoms with Gasteiger partial charge in [-0.1, -0.05) is 13.0 Å². The van der Waals surface area contributed by atoms with Gasteiger partial charge in [-0.15, -0.1) is 0 Å². The van der Waals surface area contributed by atoms with E-state index < -0.39 is 0 Å². The maximum absolute atomic E-state index is 4.45. The molecule has 0 saturated carbocycles. The third kappa shape index (κ3) is 1.80. The van der Waals surface area contributed by atoms with Gasteiger partial charge >= 0.3 is 0 Å². The first-order chi connectivity index (χ1) is 6.81. The van der Waals surface area contributed by atoms with E-state index in [0.717, 1.165) is 6.42 Å². The van der Waals surface area contributed by atoms with Gasteiger partial charge in [-0.2, -0.15) is 0 Å². The van der Waals surface area contributed by atoms with Crippen LogP contribution < -0.4 is 0 Å². The lowest BCUT2D eigenvalue weighted by Crippen LogP contribution is -2.17. The van der Waals surface area contributed by atoms with Crippen LogP contribution in [0.1, 0.15) is 37.1 Å². The molecule has 0 N–H and O–H groups in total. The number of rotatable bonds is 2. The Morgan fingerprint density at radius 1 is 1.50 bits per heavy atom. The highest BCUT2D eigenvalue weighted by Gasteiger charge is 2.22. The Hall–Kier alpha value is -0.890. The van der Waals surface area contributed by atoms with Crippen LogP contribution in [0.15, 0.2) is 18.3 Å². The monoisotopic (exact) mass is 190 g/mol. The van der Waals surface area contributed by atoms with Gasteiger partial charge in [0.2, 0.25) is 0 Å². The molecule has 14 heavy (non-hydrogen) atoms. The molecule has 1 unspecified atom stereocenters. The molecule has 2 nitrogen and oxygen atoms in total. The van der Waals surface area contributed by atoms with E-state index in [9.17, 15) is 0 Å². The standard InChI is InChI=1S/C12H18N2/c1-3-11-7-6-10(9-13-11)12-5-4-8-14(12)2/h6-7,9,12H,3-5,8H2,1-2H3. The van der Waals surface area contributed by atoms with E-state index in [4.69, 9.17) is 0 Å². The molecular formula is C12H18N2. The van der Waals surface area contributed by atoms with Gasteiger partial charge in [0.25, 0.3) is 0 Å². The zero-order valence-corrected chi connectivity index (χ0v) is 9.03. The Balaban J connectivity index is 2.16. The number of pyridine rings is 1. The first-order valence-corrected chi connectivity index (χ1v) is 5.46. The van der Waals surface area contributed by atoms with Crippen LogP contribution in [0.4, 0.5) is 0 Å². The van der Waals surface area contributed by atoms with E-state index in [1.165, 1.54) is 30.6 Å². The second kappa shape index (κ2) is 4.09. The lowest BCUT2D eigenvalue weighted by Gasteiger charge is -2.19. The smallest absolute Gasteiger partial charge is 0.0401 e. The van der Waals surface area contributed by atoms with Crippen molar-refractivity contribution in [3.05, 3.63) is 29.6 Å². The van der Waals surface area contributed by atoms with Crippen molar-refractivity contribution in [1.82, 2.24) is 9.88 Å². The number of hydrogen-bond acceptors (Lipinski definition) is 2. The molecule has 0 aliphatic carbocycles. The van der Waals surface area contributed by atoms with Crippen LogP contribution in [-0.2, 0) is 6.42 Å². The summed E-state index contributed by atoms with van der Waals surface area (Å²) in [6.07, 6.45) is 5.67. The highest BCUT2D eigenvalue weighted by atomic mass is 15.1. The predicted molar refractivity (Wildman–Crippen MR) is 58.2 cm³/mol. The Bertz CT molecular complexity index is 292. The molecule has 1 saturated heterocycles. The van der Waals surface area contributed by atoms with E-state index in [-0.39, 0.29) is 0 Å². The molecule has 1 fully saturated rings. The largest absolute Gasteiger partial charge is 0.299 e. The molecule has 2 heteroatoms. The molecular weight excluding hydrogens is 172 g/mol. The van der Waals surface area contributed by atoms with Crippen LogP contribution in [0.3, 0.4) is 0 Å². The molecule has 1 aromatic rings. The summed E-state index contributed by atoms with van der Waals surface area (Å²) >= 11 is 0. The van der Waals surface area contributed by atoms with Crippen LogP contribution in [0, 0.1) is 0 Å². The third-order valence-electron chi connectivity index (χ3n) is 3.12. The molecule has 1 aromatic heterocycles. The first-order valence-electron chi connectivity index (χ1n) is 5.46. The first kappa shape index (κ1) is 9.66. The Morgan fingerprint density at radius 3 is 2.86 bits per heavy atom. The van der Waals surface area contributed by atoms with Crippen molar-refractivity contribution in [3.8, 4) is 0 Å². The summed E-state index contributed by atoms with van der Waals surface area (Å²) in [5, 5.41) is 0. The highest BCUT2D eigenvalue weighted by Crippen LogP contribution is 2.29. The Morgan fingerprint density at radius 2 is 2.36 bits per heavy atom. The minimum absolute atomic E-state index is 0.605. The second-order valence-electron chi connectivity index (χ2n) is 4.08. The lowest BCUT2D eigenvalue weighted by molar-refractivity contribution is 0.317. The van der Waals surface area contributed by atoms with Crippen molar-refractivity contribution >= 4 is 0 Å². The minimum Gasteiger partial charge on any atom is -0.299 e. The molecule has 2 rings (SSSR count). The van der Waals surface area contributed by atoms with Crippen molar-refractivity contribution < 1.29 is 0 Å². The Labute approximate surface area is 86.0 Å². The molecule has 0 bridgehead atoms. The third-order valence-corrected chi connectivity index (χ3v) is 3.12. The van der Waals surface area contributed by atoms with Crippen molar-refractivity contribution in [1.29, 1.82) is 0 Å². The van der Waals surface area contributed by atoms with Crippen molar-refractivity contribution in [2.75, 3.05) is 13.6 Å². The van der Waals surface area contributed by atoms with Crippen molar-refractivity contribution in [2.24, 2.45) is 0 Å².